The van der Waals surface area contributed by atoms with Crippen LogP contribution in [0.15, 0.2) is 24.3 Å². The van der Waals surface area contributed by atoms with Crippen LogP contribution >= 0.6 is 0 Å². The number of ether oxygens (including phenoxy) is 1. The van der Waals surface area contributed by atoms with Gasteiger partial charge in [-0.05, 0) is 102 Å². The monoisotopic (exact) mass is 562 g/mol. The molecule has 0 amide bonds. The maximum absolute atomic E-state index is 12.5. The van der Waals surface area contributed by atoms with Gasteiger partial charge in [0.25, 0.3) is 0 Å². The van der Waals surface area contributed by atoms with E-state index in [1.807, 2.05) is 0 Å². The van der Waals surface area contributed by atoms with Crippen LogP contribution in [0.4, 0.5) is 0 Å². The van der Waals surface area contributed by atoms with Crippen molar-refractivity contribution < 1.29 is 14.6 Å². The molecule has 0 aromatic rings. The Labute approximate surface area is 249 Å². The van der Waals surface area contributed by atoms with Crippen molar-refractivity contribution in [3.05, 3.63) is 24.3 Å². The molecule has 4 nitrogen and oxygen atoms in total. The smallest absolute Gasteiger partial charge is 0.305 e. The average molecular weight is 562 g/mol. The molecule has 4 heteroatoms. The predicted octanol–water partition coefficient (Wildman–Crippen LogP) is 9.95. The van der Waals surface area contributed by atoms with Gasteiger partial charge in [0.15, 0.2) is 0 Å². The van der Waals surface area contributed by atoms with E-state index in [0.29, 0.717) is 25.0 Å². The number of carbonyl (C=O) groups excluding carboxylic acids is 1. The number of nitrogens with zero attached hydrogens (tertiary/aromatic N) is 1. The standard InChI is InChI=1S/C36H67NO3/c1-3-5-7-9-11-13-15-19-25-34(26-20-16-14-12-10-8-6-4-2)33-40-36(39)29-23-18-24-30-37(31-32-38)35-27-21-17-22-28-35/h11-14,34-35,38H,3-10,15-33H2,1-2H3/b13-11-,14-12-. The highest BCUT2D eigenvalue weighted by atomic mass is 16.5. The third kappa shape index (κ3) is 21.6. The predicted molar refractivity (Wildman–Crippen MR) is 173 cm³/mol. The van der Waals surface area contributed by atoms with E-state index in [1.165, 1.54) is 96.3 Å². The zero-order chi connectivity index (χ0) is 28.9. The molecule has 1 rings (SSSR count). The number of hydrogen-bond acceptors (Lipinski definition) is 4. The van der Waals surface area contributed by atoms with Gasteiger partial charge in [0.05, 0.1) is 13.2 Å². The van der Waals surface area contributed by atoms with Gasteiger partial charge in [-0.3, -0.25) is 9.69 Å². The Morgan fingerprint density at radius 3 is 1.88 bits per heavy atom. The first-order valence-electron chi connectivity index (χ1n) is 17.5. The Morgan fingerprint density at radius 2 is 1.32 bits per heavy atom. The van der Waals surface area contributed by atoms with Crippen LogP contribution in [-0.4, -0.2) is 48.3 Å². The minimum atomic E-state index is -0.0175. The summed E-state index contributed by atoms with van der Waals surface area (Å²) in [5, 5.41) is 9.48. The second-order valence-corrected chi connectivity index (χ2v) is 12.2. The number of hydrogen-bond donors (Lipinski definition) is 1. The topological polar surface area (TPSA) is 49.8 Å². The summed E-state index contributed by atoms with van der Waals surface area (Å²) in [7, 11) is 0. The van der Waals surface area contributed by atoms with Gasteiger partial charge in [0.1, 0.15) is 0 Å². The molecule has 234 valence electrons. The third-order valence-electron chi connectivity index (χ3n) is 8.53. The number of aliphatic hydroxyl groups excluding tert-OH is 1. The molecule has 1 aliphatic carbocycles. The zero-order valence-corrected chi connectivity index (χ0v) is 26.8. The summed E-state index contributed by atoms with van der Waals surface area (Å²) in [5.41, 5.74) is 0. The third-order valence-corrected chi connectivity index (χ3v) is 8.53. The fraction of sp³-hybridized carbons (Fsp3) is 0.861. The Hall–Kier alpha value is -1.13. The fourth-order valence-corrected chi connectivity index (χ4v) is 5.95. The molecule has 0 spiro atoms. The number of aliphatic hydroxyl groups is 1. The first-order chi connectivity index (χ1) is 19.7. The highest BCUT2D eigenvalue weighted by molar-refractivity contribution is 5.69. The number of esters is 1. The van der Waals surface area contributed by atoms with Gasteiger partial charge in [0, 0.05) is 19.0 Å². The van der Waals surface area contributed by atoms with Gasteiger partial charge in [0.2, 0.25) is 0 Å². The molecule has 1 N–H and O–H groups in total. The quantitative estimate of drug-likeness (QED) is 0.0616. The Morgan fingerprint density at radius 1 is 0.750 bits per heavy atom. The molecular weight excluding hydrogens is 494 g/mol. The highest BCUT2D eigenvalue weighted by Crippen LogP contribution is 2.23. The summed E-state index contributed by atoms with van der Waals surface area (Å²) in [6.07, 6.45) is 36.8. The van der Waals surface area contributed by atoms with Crippen LogP contribution in [0.25, 0.3) is 0 Å². The van der Waals surface area contributed by atoms with E-state index in [0.717, 1.165) is 58.0 Å². The number of rotatable bonds is 27. The van der Waals surface area contributed by atoms with Gasteiger partial charge < -0.3 is 9.84 Å². The van der Waals surface area contributed by atoms with Gasteiger partial charge in [-0.2, -0.15) is 0 Å². The lowest BCUT2D eigenvalue weighted by Gasteiger charge is -2.34. The Kier molecular flexibility index (Phi) is 25.8. The van der Waals surface area contributed by atoms with E-state index < -0.39 is 0 Å². The maximum Gasteiger partial charge on any atom is 0.305 e. The molecule has 0 radical (unpaired) electrons. The van der Waals surface area contributed by atoms with Gasteiger partial charge in [-0.1, -0.05) is 89.5 Å². The van der Waals surface area contributed by atoms with E-state index in [-0.39, 0.29) is 12.6 Å². The van der Waals surface area contributed by atoms with E-state index in [1.54, 1.807) is 0 Å². The molecule has 40 heavy (non-hydrogen) atoms. The molecule has 0 aromatic carbocycles. The molecule has 1 aliphatic rings. The molecule has 0 aliphatic heterocycles. The minimum absolute atomic E-state index is 0.0175. The second-order valence-electron chi connectivity index (χ2n) is 12.2. The van der Waals surface area contributed by atoms with Crippen LogP contribution in [0.1, 0.15) is 162 Å². The van der Waals surface area contributed by atoms with Crippen LogP contribution in [-0.2, 0) is 9.53 Å². The number of unbranched alkanes of at least 4 members (excludes halogenated alkanes) is 10. The van der Waals surface area contributed by atoms with Gasteiger partial charge in [-0.15, -0.1) is 0 Å². The summed E-state index contributed by atoms with van der Waals surface area (Å²) in [5.74, 6) is 0.463. The van der Waals surface area contributed by atoms with Crippen LogP contribution in [0, 0.1) is 5.92 Å². The maximum atomic E-state index is 12.5. The van der Waals surface area contributed by atoms with Crippen molar-refractivity contribution in [1.82, 2.24) is 4.90 Å². The summed E-state index contributed by atoms with van der Waals surface area (Å²) >= 11 is 0. The lowest BCUT2D eigenvalue weighted by molar-refractivity contribution is -0.145. The number of carbonyl (C=O) groups is 1. The summed E-state index contributed by atoms with van der Waals surface area (Å²) in [6, 6.07) is 0.649. The van der Waals surface area contributed by atoms with Crippen molar-refractivity contribution in [3.8, 4) is 0 Å². The normalized spacial score (nSPS) is 14.8. The summed E-state index contributed by atoms with van der Waals surface area (Å²) < 4.78 is 5.79. The summed E-state index contributed by atoms with van der Waals surface area (Å²) in [6.45, 7) is 7.18. The lowest BCUT2D eigenvalue weighted by Crippen LogP contribution is -2.39. The molecule has 0 unspecified atom stereocenters. The van der Waals surface area contributed by atoms with Gasteiger partial charge >= 0.3 is 5.97 Å². The highest BCUT2D eigenvalue weighted by Gasteiger charge is 2.20. The zero-order valence-electron chi connectivity index (χ0n) is 26.8. The van der Waals surface area contributed by atoms with Crippen LogP contribution in [0.2, 0.25) is 0 Å². The first-order valence-corrected chi connectivity index (χ1v) is 17.5. The Bertz CT molecular complexity index is 585. The Balaban J connectivity index is 2.29. The molecule has 0 bridgehead atoms. The van der Waals surface area contributed by atoms with E-state index in [2.05, 4.69) is 43.1 Å². The minimum Gasteiger partial charge on any atom is -0.465 e. The lowest BCUT2D eigenvalue weighted by atomic mass is 9.94. The number of allylic oxidation sites excluding steroid dienone is 4. The van der Waals surface area contributed by atoms with Crippen molar-refractivity contribution in [3.63, 3.8) is 0 Å². The molecule has 0 saturated heterocycles. The first kappa shape index (κ1) is 36.9. The van der Waals surface area contributed by atoms with E-state index in [4.69, 9.17) is 4.74 Å². The van der Waals surface area contributed by atoms with Crippen LogP contribution < -0.4 is 0 Å². The SMILES string of the molecule is CCCCC/C=C\CCCC(CCC/C=C\CCCCC)COC(=O)CCCCCN(CCO)C1CCCCC1. The van der Waals surface area contributed by atoms with Crippen molar-refractivity contribution in [2.45, 2.75) is 168 Å². The fourth-order valence-electron chi connectivity index (χ4n) is 5.95. The molecule has 1 saturated carbocycles. The van der Waals surface area contributed by atoms with Crippen molar-refractivity contribution in [2.75, 3.05) is 26.3 Å². The molecule has 0 aromatic heterocycles. The van der Waals surface area contributed by atoms with Crippen LogP contribution in [0.5, 0.6) is 0 Å². The average Bonchev–Trinajstić information content (AvgIpc) is 2.97. The van der Waals surface area contributed by atoms with Gasteiger partial charge in [-0.25, -0.2) is 0 Å². The van der Waals surface area contributed by atoms with E-state index >= 15 is 0 Å². The molecular formula is C36H67NO3. The van der Waals surface area contributed by atoms with Crippen molar-refractivity contribution in [2.24, 2.45) is 5.92 Å². The van der Waals surface area contributed by atoms with Crippen LogP contribution in [0.3, 0.4) is 0 Å². The van der Waals surface area contributed by atoms with E-state index in [9.17, 15) is 9.90 Å². The second kappa shape index (κ2) is 28.0. The largest absolute Gasteiger partial charge is 0.465 e. The molecule has 0 atom stereocenters. The van der Waals surface area contributed by atoms with Crippen molar-refractivity contribution >= 4 is 5.97 Å². The van der Waals surface area contributed by atoms with Crippen molar-refractivity contribution in [1.29, 1.82) is 0 Å². The molecule has 0 heterocycles. The molecule has 1 fully saturated rings. The summed E-state index contributed by atoms with van der Waals surface area (Å²) in [4.78, 5) is 15.0.